The Hall–Kier alpha value is -4.07. The second kappa shape index (κ2) is 10.0. The van der Waals surface area contributed by atoms with E-state index in [-0.39, 0.29) is 13.0 Å². The van der Waals surface area contributed by atoms with Crippen LogP contribution in [0.2, 0.25) is 0 Å². The summed E-state index contributed by atoms with van der Waals surface area (Å²) in [5.74, 6) is 1.90. The molecular formula is C25H25N3O5. The van der Waals surface area contributed by atoms with Gasteiger partial charge in [-0.25, -0.2) is 4.98 Å². The number of methoxy groups -OCH3 is 1. The summed E-state index contributed by atoms with van der Waals surface area (Å²) in [7, 11) is 3.57. The zero-order valence-electron chi connectivity index (χ0n) is 18.5. The molecule has 4 aromatic rings. The Morgan fingerprint density at radius 3 is 2.55 bits per heavy atom. The highest BCUT2D eigenvalue weighted by Gasteiger charge is 2.12. The Bertz CT molecular complexity index is 1250. The molecule has 0 aliphatic carbocycles. The molecule has 0 aliphatic heterocycles. The van der Waals surface area contributed by atoms with Crippen LogP contribution in [0.5, 0.6) is 17.2 Å². The lowest BCUT2D eigenvalue weighted by molar-refractivity contribution is -0.136. The number of imidazole rings is 1. The number of rotatable bonds is 10. The van der Waals surface area contributed by atoms with Crippen molar-refractivity contribution in [1.29, 1.82) is 0 Å². The predicted octanol–water partition coefficient (Wildman–Crippen LogP) is 4.15. The van der Waals surface area contributed by atoms with Crippen molar-refractivity contribution in [1.82, 2.24) is 14.5 Å². The molecular weight excluding hydrogens is 422 g/mol. The molecule has 8 nitrogen and oxygen atoms in total. The van der Waals surface area contributed by atoms with Gasteiger partial charge in [0.25, 0.3) is 0 Å². The molecule has 2 aromatic heterocycles. The summed E-state index contributed by atoms with van der Waals surface area (Å²) >= 11 is 0. The fraction of sp³-hybridized carbons (Fsp3) is 0.240. The summed E-state index contributed by atoms with van der Waals surface area (Å²) in [6.07, 6.45) is 3.80. The maximum absolute atomic E-state index is 11.0. The minimum atomic E-state index is -0.853. The lowest BCUT2D eigenvalue weighted by Crippen LogP contribution is -2.05. The molecule has 2 aromatic carbocycles. The van der Waals surface area contributed by atoms with Gasteiger partial charge in [-0.05, 0) is 47.9 Å². The van der Waals surface area contributed by atoms with Gasteiger partial charge in [0.05, 0.1) is 18.1 Å². The van der Waals surface area contributed by atoms with Crippen LogP contribution in [0.4, 0.5) is 0 Å². The van der Waals surface area contributed by atoms with Crippen LogP contribution < -0.4 is 14.2 Å². The number of aromatic nitrogens is 3. The maximum atomic E-state index is 11.0. The number of carboxylic acid groups (broad SMARTS) is 1. The van der Waals surface area contributed by atoms with Crippen LogP contribution in [-0.2, 0) is 31.5 Å². The average molecular weight is 447 g/mol. The first-order valence-electron chi connectivity index (χ1n) is 10.5. The molecule has 4 rings (SSSR count). The van der Waals surface area contributed by atoms with Gasteiger partial charge >= 0.3 is 5.97 Å². The molecule has 1 N–H and O–H groups in total. The summed E-state index contributed by atoms with van der Waals surface area (Å²) in [4.78, 5) is 19.7. The van der Waals surface area contributed by atoms with Crippen molar-refractivity contribution in [3.8, 4) is 17.2 Å². The summed E-state index contributed by atoms with van der Waals surface area (Å²) in [5, 5.41) is 9.07. The number of hydrogen-bond donors (Lipinski definition) is 1. The molecule has 170 valence electrons. The van der Waals surface area contributed by atoms with Crippen LogP contribution >= 0.6 is 0 Å². The smallest absolute Gasteiger partial charge is 0.303 e. The highest BCUT2D eigenvalue weighted by molar-refractivity contribution is 5.77. The van der Waals surface area contributed by atoms with Gasteiger partial charge in [-0.1, -0.05) is 6.07 Å². The van der Waals surface area contributed by atoms with Gasteiger partial charge in [0.1, 0.15) is 36.3 Å². The third kappa shape index (κ3) is 5.41. The Labute approximate surface area is 191 Å². The van der Waals surface area contributed by atoms with Crippen molar-refractivity contribution in [2.45, 2.75) is 26.1 Å². The molecule has 2 heterocycles. The van der Waals surface area contributed by atoms with E-state index in [1.54, 1.807) is 25.6 Å². The fourth-order valence-electron chi connectivity index (χ4n) is 3.47. The van der Waals surface area contributed by atoms with Gasteiger partial charge in [0.2, 0.25) is 0 Å². The summed E-state index contributed by atoms with van der Waals surface area (Å²) < 4.78 is 19.3. The van der Waals surface area contributed by atoms with E-state index in [0.717, 1.165) is 33.7 Å². The standard InChI is InChI=1S/C25H25N3O5/c1-28-22-13-19(31-2)6-7-21(22)27-24(28)16-32-20-5-3-18(4-8-25(29)30)23(14-20)33-15-17-9-11-26-12-10-17/h3,5-7,9-14H,4,8,15-16H2,1-2H3,(H,29,30). The molecule has 0 aliphatic rings. The molecule has 33 heavy (non-hydrogen) atoms. The van der Waals surface area contributed by atoms with E-state index in [1.807, 2.05) is 54.1 Å². The van der Waals surface area contributed by atoms with Gasteiger partial charge in [-0.15, -0.1) is 0 Å². The third-order valence-electron chi connectivity index (χ3n) is 5.34. The number of nitrogens with zero attached hydrogens (tertiary/aromatic N) is 3. The fourth-order valence-corrected chi connectivity index (χ4v) is 3.47. The van der Waals surface area contributed by atoms with Gasteiger partial charge in [0, 0.05) is 38.0 Å². The number of carboxylic acids is 1. The molecule has 0 bridgehead atoms. The van der Waals surface area contributed by atoms with Gasteiger partial charge in [-0.2, -0.15) is 0 Å². The van der Waals surface area contributed by atoms with Crippen molar-refractivity contribution < 1.29 is 24.1 Å². The minimum absolute atomic E-state index is 0.0230. The first-order chi connectivity index (χ1) is 16.0. The van der Waals surface area contributed by atoms with E-state index in [9.17, 15) is 4.79 Å². The molecule has 0 spiro atoms. The molecule has 0 amide bonds. The number of hydrogen-bond acceptors (Lipinski definition) is 6. The molecule has 8 heteroatoms. The second-order valence-corrected chi connectivity index (χ2v) is 7.54. The van der Waals surface area contributed by atoms with Crippen molar-refractivity contribution in [3.05, 3.63) is 77.9 Å². The Morgan fingerprint density at radius 1 is 1.00 bits per heavy atom. The molecule has 0 fully saturated rings. The average Bonchev–Trinajstić information content (AvgIpc) is 3.15. The van der Waals surface area contributed by atoms with Gasteiger partial charge < -0.3 is 23.9 Å². The minimum Gasteiger partial charge on any atom is -0.497 e. The van der Waals surface area contributed by atoms with Crippen LogP contribution in [0.25, 0.3) is 11.0 Å². The lowest BCUT2D eigenvalue weighted by atomic mass is 10.1. The van der Waals surface area contributed by atoms with E-state index in [2.05, 4.69) is 9.97 Å². The zero-order chi connectivity index (χ0) is 23.2. The van der Waals surface area contributed by atoms with Gasteiger partial charge in [0.15, 0.2) is 0 Å². The van der Waals surface area contributed by atoms with Crippen LogP contribution in [0.3, 0.4) is 0 Å². The molecule has 0 radical (unpaired) electrons. The van der Waals surface area contributed by atoms with E-state index < -0.39 is 5.97 Å². The van der Waals surface area contributed by atoms with Crippen LogP contribution in [0.15, 0.2) is 60.9 Å². The van der Waals surface area contributed by atoms with E-state index in [4.69, 9.17) is 19.3 Å². The van der Waals surface area contributed by atoms with E-state index >= 15 is 0 Å². The van der Waals surface area contributed by atoms with Crippen LogP contribution in [0.1, 0.15) is 23.4 Å². The van der Waals surface area contributed by atoms with Gasteiger partial charge in [-0.3, -0.25) is 9.78 Å². The topological polar surface area (TPSA) is 95.7 Å². The van der Waals surface area contributed by atoms with E-state index in [1.165, 1.54) is 0 Å². The third-order valence-corrected chi connectivity index (χ3v) is 5.34. The first-order valence-corrected chi connectivity index (χ1v) is 10.5. The number of pyridine rings is 1. The number of carbonyl (C=O) groups is 1. The lowest BCUT2D eigenvalue weighted by Gasteiger charge is -2.14. The van der Waals surface area contributed by atoms with Crippen molar-refractivity contribution in [3.63, 3.8) is 0 Å². The summed E-state index contributed by atoms with van der Waals surface area (Å²) in [6.45, 7) is 0.615. The number of fused-ring (bicyclic) bond motifs is 1. The number of ether oxygens (including phenoxy) is 3. The zero-order valence-corrected chi connectivity index (χ0v) is 18.5. The van der Waals surface area contributed by atoms with E-state index in [0.29, 0.717) is 24.5 Å². The normalized spacial score (nSPS) is 10.8. The van der Waals surface area contributed by atoms with Crippen LogP contribution in [-0.4, -0.2) is 32.7 Å². The van der Waals surface area contributed by atoms with Crippen molar-refractivity contribution in [2.24, 2.45) is 7.05 Å². The first kappa shape index (κ1) is 22.1. The summed E-state index contributed by atoms with van der Waals surface area (Å²) in [6, 6.07) is 14.9. The predicted molar refractivity (Wildman–Crippen MR) is 123 cm³/mol. The molecule has 0 saturated heterocycles. The largest absolute Gasteiger partial charge is 0.497 e. The number of benzene rings is 2. The molecule has 0 saturated carbocycles. The SMILES string of the molecule is COc1ccc2nc(COc3ccc(CCC(=O)O)c(OCc4ccncc4)c3)n(C)c2c1. The van der Waals surface area contributed by atoms with Crippen molar-refractivity contribution >= 4 is 17.0 Å². The van der Waals surface area contributed by atoms with Crippen LogP contribution in [0, 0.1) is 0 Å². The maximum Gasteiger partial charge on any atom is 0.303 e. The Balaban J connectivity index is 1.51. The molecule has 0 atom stereocenters. The van der Waals surface area contributed by atoms with Crippen molar-refractivity contribution in [2.75, 3.05) is 7.11 Å². The highest BCUT2D eigenvalue weighted by Crippen LogP contribution is 2.28. The monoisotopic (exact) mass is 447 g/mol. The molecule has 0 unspecified atom stereocenters. The number of aliphatic carboxylic acids is 1. The Morgan fingerprint density at radius 2 is 1.79 bits per heavy atom. The Kier molecular flexibility index (Phi) is 6.73. The highest BCUT2D eigenvalue weighted by atomic mass is 16.5. The number of aryl methyl sites for hydroxylation is 2. The second-order valence-electron chi connectivity index (χ2n) is 7.54. The summed E-state index contributed by atoms with van der Waals surface area (Å²) in [5.41, 5.74) is 3.60. The quantitative estimate of drug-likeness (QED) is 0.390.